The number of nitrogens with one attached hydrogen (secondary N) is 1. The van der Waals surface area contributed by atoms with Gasteiger partial charge in [-0.1, -0.05) is 40.2 Å². The first-order chi connectivity index (χ1) is 15.3. The van der Waals surface area contributed by atoms with Crippen molar-refractivity contribution in [2.45, 2.75) is 76.2 Å². The number of carbonyl (C=O) groups excluding carboxylic acids is 1. The summed E-state index contributed by atoms with van der Waals surface area (Å²) in [6.07, 6.45) is -2.22. The molecule has 1 aromatic rings. The first-order valence-electron chi connectivity index (χ1n) is 11.6. The van der Waals surface area contributed by atoms with Crippen LogP contribution in [0.1, 0.15) is 58.9 Å². The molecule has 0 aliphatic carbocycles. The molecule has 2 unspecified atom stereocenters. The second-order valence-corrected chi connectivity index (χ2v) is 11.7. The average Bonchev–Trinajstić information content (AvgIpc) is 2.98. The molecule has 2 atom stereocenters. The summed E-state index contributed by atoms with van der Waals surface area (Å²) in [4.78, 5) is 14.8. The van der Waals surface area contributed by atoms with Gasteiger partial charge in [-0.25, -0.2) is 8.42 Å². The number of hydrogen-bond donors (Lipinski definition) is 1. The molecule has 186 valence electrons. The molecule has 0 aromatic heterocycles. The monoisotopic (exact) mass is 489 g/mol. The van der Waals surface area contributed by atoms with Crippen LogP contribution in [-0.4, -0.2) is 54.9 Å². The third-order valence-electron chi connectivity index (χ3n) is 6.77. The molecular formula is C23H34F3N3O3S. The van der Waals surface area contributed by atoms with E-state index in [2.05, 4.69) is 33.0 Å². The molecule has 1 N–H and O–H groups in total. The number of halogens is 3. The standard InChI is InChI=1S/C23H34F3N3O3S/c1-5-17(4)15-29-21(30)20(13-16(2)3)27-22(29)9-11-28(12-10-22)33(31,32)19-8-6-7-18(14-19)23(24,25)26/h6-8,14,16-17,20,27H,5,9-13,15H2,1-4H3. The van der Waals surface area contributed by atoms with Crippen LogP contribution < -0.4 is 5.32 Å². The lowest BCUT2D eigenvalue weighted by Gasteiger charge is -2.45. The molecule has 33 heavy (non-hydrogen) atoms. The first kappa shape index (κ1) is 26.0. The lowest BCUT2D eigenvalue weighted by molar-refractivity contribution is -0.137. The average molecular weight is 490 g/mol. The predicted molar refractivity (Wildman–Crippen MR) is 120 cm³/mol. The van der Waals surface area contributed by atoms with Crippen LogP contribution in [0, 0.1) is 11.8 Å². The van der Waals surface area contributed by atoms with Gasteiger partial charge in [0.2, 0.25) is 15.9 Å². The third-order valence-corrected chi connectivity index (χ3v) is 8.67. The molecule has 0 saturated carbocycles. The van der Waals surface area contributed by atoms with Crippen LogP contribution in [0.4, 0.5) is 13.2 Å². The van der Waals surface area contributed by atoms with Gasteiger partial charge in [0.25, 0.3) is 0 Å². The Kier molecular flexibility index (Phi) is 7.51. The maximum atomic E-state index is 13.2. The van der Waals surface area contributed by atoms with Crippen molar-refractivity contribution in [2.24, 2.45) is 11.8 Å². The van der Waals surface area contributed by atoms with Crippen molar-refractivity contribution >= 4 is 15.9 Å². The number of piperidine rings is 1. The molecule has 2 aliphatic heterocycles. The fourth-order valence-electron chi connectivity index (χ4n) is 4.69. The summed E-state index contributed by atoms with van der Waals surface area (Å²) in [6.45, 7) is 9.13. The van der Waals surface area contributed by atoms with Gasteiger partial charge in [-0.2, -0.15) is 17.5 Å². The zero-order chi connectivity index (χ0) is 24.6. The van der Waals surface area contributed by atoms with Gasteiger partial charge in [-0.3, -0.25) is 10.1 Å². The van der Waals surface area contributed by atoms with Crippen LogP contribution in [0.25, 0.3) is 0 Å². The Labute approximate surface area is 194 Å². The minimum atomic E-state index is -4.62. The third kappa shape index (κ3) is 5.38. The second-order valence-electron chi connectivity index (χ2n) is 9.75. The molecule has 0 bridgehead atoms. The number of hydrogen-bond acceptors (Lipinski definition) is 4. The summed E-state index contributed by atoms with van der Waals surface area (Å²) in [5.41, 5.74) is -1.61. The number of benzene rings is 1. The molecular weight excluding hydrogens is 455 g/mol. The first-order valence-corrected chi connectivity index (χ1v) is 13.0. The van der Waals surface area contributed by atoms with Gasteiger partial charge in [0.05, 0.1) is 22.2 Å². The minimum Gasteiger partial charge on any atom is -0.323 e. The van der Waals surface area contributed by atoms with E-state index >= 15 is 0 Å². The summed E-state index contributed by atoms with van der Waals surface area (Å²) in [5.74, 6) is 0.684. The normalized spacial score (nSPS) is 23.0. The smallest absolute Gasteiger partial charge is 0.323 e. The topological polar surface area (TPSA) is 69.7 Å². The largest absolute Gasteiger partial charge is 0.416 e. The van der Waals surface area contributed by atoms with Gasteiger partial charge in [0.15, 0.2) is 0 Å². The molecule has 6 nitrogen and oxygen atoms in total. The zero-order valence-electron chi connectivity index (χ0n) is 19.7. The van der Waals surface area contributed by atoms with Crippen molar-refractivity contribution in [3.8, 4) is 0 Å². The van der Waals surface area contributed by atoms with Crippen LogP contribution in [-0.2, 0) is 21.0 Å². The van der Waals surface area contributed by atoms with E-state index in [4.69, 9.17) is 0 Å². The Morgan fingerprint density at radius 1 is 1.18 bits per heavy atom. The van der Waals surface area contributed by atoms with Gasteiger partial charge in [-0.05, 0) is 49.3 Å². The van der Waals surface area contributed by atoms with Crippen molar-refractivity contribution < 1.29 is 26.4 Å². The van der Waals surface area contributed by atoms with E-state index in [-0.39, 0.29) is 29.9 Å². The number of amides is 1. The number of nitrogens with zero attached hydrogens (tertiary/aromatic N) is 2. The van der Waals surface area contributed by atoms with E-state index in [1.54, 1.807) is 0 Å². The fraction of sp³-hybridized carbons (Fsp3) is 0.696. The number of rotatable bonds is 7. The molecule has 3 rings (SSSR count). The summed E-state index contributed by atoms with van der Waals surface area (Å²) < 4.78 is 66.7. The highest BCUT2D eigenvalue weighted by molar-refractivity contribution is 7.89. The van der Waals surface area contributed by atoms with Crippen molar-refractivity contribution in [1.29, 1.82) is 0 Å². The number of carbonyl (C=O) groups is 1. The second kappa shape index (κ2) is 9.54. The minimum absolute atomic E-state index is 0.0539. The SMILES string of the molecule is CCC(C)CN1C(=O)C(CC(C)C)NC12CCN(S(=O)(=O)c1cccc(C(F)(F)F)c1)CC2. The van der Waals surface area contributed by atoms with Crippen molar-refractivity contribution in [3.63, 3.8) is 0 Å². The fourth-order valence-corrected chi connectivity index (χ4v) is 6.18. The quantitative estimate of drug-likeness (QED) is 0.627. The number of alkyl halides is 3. The van der Waals surface area contributed by atoms with Crippen LogP contribution in [0.5, 0.6) is 0 Å². The highest BCUT2D eigenvalue weighted by atomic mass is 32.2. The maximum Gasteiger partial charge on any atom is 0.416 e. The lowest BCUT2D eigenvalue weighted by Crippen LogP contribution is -2.60. The molecule has 2 saturated heterocycles. The van der Waals surface area contributed by atoms with Crippen LogP contribution in [0.15, 0.2) is 29.2 Å². The van der Waals surface area contributed by atoms with Gasteiger partial charge in [0.1, 0.15) is 0 Å². The maximum absolute atomic E-state index is 13.2. The zero-order valence-corrected chi connectivity index (χ0v) is 20.5. The summed E-state index contributed by atoms with van der Waals surface area (Å²) >= 11 is 0. The van der Waals surface area contributed by atoms with Crippen molar-refractivity contribution in [3.05, 3.63) is 29.8 Å². The van der Waals surface area contributed by atoms with Gasteiger partial charge in [0, 0.05) is 19.6 Å². The Balaban J connectivity index is 1.81. The Morgan fingerprint density at radius 2 is 1.82 bits per heavy atom. The van der Waals surface area contributed by atoms with E-state index < -0.39 is 27.4 Å². The Morgan fingerprint density at radius 3 is 2.36 bits per heavy atom. The highest BCUT2D eigenvalue weighted by Crippen LogP contribution is 2.37. The van der Waals surface area contributed by atoms with E-state index in [9.17, 15) is 26.4 Å². The molecule has 10 heteroatoms. The van der Waals surface area contributed by atoms with E-state index in [0.717, 1.165) is 18.6 Å². The van der Waals surface area contributed by atoms with Gasteiger partial charge >= 0.3 is 6.18 Å². The van der Waals surface area contributed by atoms with Gasteiger partial charge in [-0.15, -0.1) is 0 Å². The van der Waals surface area contributed by atoms with Crippen molar-refractivity contribution in [1.82, 2.24) is 14.5 Å². The summed E-state index contributed by atoms with van der Waals surface area (Å²) in [7, 11) is -4.08. The van der Waals surface area contributed by atoms with Crippen LogP contribution >= 0.6 is 0 Å². The van der Waals surface area contributed by atoms with Crippen LogP contribution in [0.3, 0.4) is 0 Å². The molecule has 1 aromatic carbocycles. The molecule has 1 spiro atoms. The molecule has 2 fully saturated rings. The van der Waals surface area contributed by atoms with E-state index in [1.807, 2.05) is 4.90 Å². The van der Waals surface area contributed by atoms with Gasteiger partial charge < -0.3 is 4.90 Å². The number of sulfonamides is 1. The summed E-state index contributed by atoms with van der Waals surface area (Å²) in [5, 5.41) is 3.51. The lowest BCUT2D eigenvalue weighted by atomic mass is 9.95. The molecule has 0 radical (unpaired) electrons. The molecule has 2 heterocycles. The van der Waals surface area contributed by atoms with E-state index in [1.165, 1.54) is 10.4 Å². The Hall–Kier alpha value is -1.65. The van der Waals surface area contributed by atoms with E-state index in [0.29, 0.717) is 43.7 Å². The molecule has 2 aliphatic rings. The predicted octanol–water partition coefficient (Wildman–Crippen LogP) is 4.08. The van der Waals surface area contributed by atoms with Crippen molar-refractivity contribution in [2.75, 3.05) is 19.6 Å². The molecule has 1 amide bonds. The van der Waals surface area contributed by atoms with Crippen LogP contribution in [0.2, 0.25) is 0 Å². The summed E-state index contributed by atoms with van der Waals surface area (Å²) in [6, 6.07) is 3.55. The Bertz CT molecular complexity index is 957. The highest BCUT2D eigenvalue weighted by Gasteiger charge is 2.52.